The quantitative estimate of drug-likeness (QED) is 0.0648. The molecule has 10 heteroatoms. The molecule has 8 N–H and O–H groups in total. The Kier molecular flexibility index (Phi) is 12.4. The predicted octanol–water partition coefficient (Wildman–Crippen LogP) is 8.33. The Morgan fingerprint density at radius 2 is 1.77 bits per heavy atom. The van der Waals surface area contributed by atoms with E-state index < -0.39 is 62.7 Å². The van der Waals surface area contributed by atoms with Crippen molar-refractivity contribution in [2.24, 2.45) is 74.2 Å². The summed E-state index contributed by atoms with van der Waals surface area (Å²) in [5.41, 5.74) is 5.89. The number of aliphatic hydroxyl groups is 5. The van der Waals surface area contributed by atoms with Crippen LogP contribution < -0.4 is 11.1 Å². The van der Waals surface area contributed by atoms with Crippen molar-refractivity contribution in [1.29, 1.82) is 0 Å². The Hall–Kier alpha value is -3.27. The molecular weight excluding hydrogens is 913 g/mol. The average molecular weight is 999 g/mol. The molecule has 0 bridgehead atoms. The lowest BCUT2D eigenvalue weighted by Crippen LogP contribution is -2.71. The number of epoxide rings is 1. The number of ether oxygens (including phenoxy) is 2. The molecule has 3 aliphatic heterocycles. The smallest absolute Gasteiger partial charge is 0.159 e. The van der Waals surface area contributed by atoms with Gasteiger partial charge in [0.15, 0.2) is 5.78 Å². The zero-order valence-electron chi connectivity index (χ0n) is 44.4. The van der Waals surface area contributed by atoms with Gasteiger partial charge in [-0.1, -0.05) is 87.4 Å². The van der Waals surface area contributed by atoms with E-state index in [9.17, 15) is 25.5 Å². The average Bonchev–Trinajstić information content (AvgIpc) is 3.90. The number of carbonyl (C=O) groups excluding carboxylic acids is 1. The van der Waals surface area contributed by atoms with Gasteiger partial charge >= 0.3 is 0 Å². The zero-order valence-corrected chi connectivity index (χ0v) is 44.4. The number of nitrogens with one attached hydrogen (secondary N) is 1. The van der Waals surface area contributed by atoms with E-state index in [2.05, 4.69) is 67.4 Å². The number of rotatable bonds is 11. The lowest BCUT2D eigenvalue weighted by molar-refractivity contribution is -0.225. The molecule has 0 radical (unpaired) electrons. The number of allylic oxidation sites excluding steroid dienone is 5. The molecular formula is C63H86N2O8. The number of ketones is 1. The van der Waals surface area contributed by atoms with Gasteiger partial charge < -0.3 is 46.1 Å². The van der Waals surface area contributed by atoms with Crippen molar-refractivity contribution < 1.29 is 39.8 Å². The van der Waals surface area contributed by atoms with Crippen LogP contribution in [-0.2, 0) is 27.1 Å². The first-order chi connectivity index (χ1) is 34.9. The molecule has 8 aliphatic carbocycles. The summed E-state index contributed by atoms with van der Waals surface area (Å²) in [6.07, 6.45) is 23.0. The molecule has 7 fully saturated rings. The Bertz CT molecular complexity index is 2560. The fourth-order valence-corrected chi connectivity index (χ4v) is 20.1. The van der Waals surface area contributed by atoms with Crippen LogP contribution in [0.2, 0.25) is 0 Å². The van der Waals surface area contributed by atoms with Gasteiger partial charge in [0.1, 0.15) is 17.8 Å². The first kappa shape index (κ1) is 50.5. The maximum Gasteiger partial charge on any atom is 0.159 e. The highest BCUT2D eigenvalue weighted by Crippen LogP contribution is 2.83. The van der Waals surface area contributed by atoms with Crippen LogP contribution >= 0.6 is 0 Å². The largest absolute Gasteiger partial charge is 0.396 e. The van der Waals surface area contributed by atoms with E-state index in [4.69, 9.17) is 15.2 Å². The van der Waals surface area contributed by atoms with E-state index >= 15 is 4.79 Å². The van der Waals surface area contributed by atoms with Crippen molar-refractivity contribution >= 4 is 5.78 Å². The number of benzene rings is 1. The molecule has 396 valence electrons. The third-order valence-electron chi connectivity index (χ3n) is 23.6. The minimum Gasteiger partial charge on any atom is -0.396 e. The fourth-order valence-electron chi connectivity index (χ4n) is 20.1. The van der Waals surface area contributed by atoms with E-state index in [0.717, 1.165) is 75.4 Å². The predicted molar refractivity (Wildman–Crippen MR) is 281 cm³/mol. The second-order valence-corrected chi connectivity index (χ2v) is 27.0. The molecule has 5 saturated carbocycles. The molecule has 1 aromatic carbocycles. The minimum absolute atomic E-state index is 0.00648. The summed E-state index contributed by atoms with van der Waals surface area (Å²) >= 11 is 0. The van der Waals surface area contributed by atoms with Gasteiger partial charge in [0, 0.05) is 54.3 Å². The number of aryl methyl sites for hydroxylation is 1. The number of nitrogens with two attached hydrogens (primary N) is 1. The van der Waals surface area contributed by atoms with Gasteiger partial charge in [0.2, 0.25) is 0 Å². The van der Waals surface area contributed by atoms with Crippen LogP contribution in [0.15, 0.2) is 71.1 Å². The second kappa shape index (κ2) is 17.9. The molecule has 10 nitrogen and oxygen atoms in total. The lowest BCUT2D eigenvalue weighted by Gasteiger charge is -2.71. The number of fused-ring (bicyclic) bond motifs is 4. The summed E-state index contributed by atoms with van der Waals surface area (Å²) in [5, 5.41) is 64.5. The normalized spacial score (nSPS) is 44.6. The molecule has 2 saturated heterocycles. The van der Waals surface area contributed by atoms with E-state index in [1.165, 1.54) is 29.5 Å². The number of hydrogen-bond donors (Lipinski definition) is 7. The molecule has 12 rings (SSSR count). The molecule has 0 aromatic heterocycles. The van der Waals surface area contributed by atoms with E-state index in [0.29, 0.717) is 76.3 Å². The van der Waals surface area contributed by atoms with Gasteiger partial charge in [0.25, 0.3) is 0 Å². The minimum atomic E-state index is -1.41. The summed E-state index contributed by atoms with van der Waals surface area (Å²) in [5.74, 6) is 8.58. The van der Waals surface area contributed by atoms with Gasteiger partial charge in [0.05, 0.1) is 29.7 Å². The molecule has 3 spiro atoms. The third kappa shape index (κ3) is 7.23. The summed E-state index contributed by atoms with van der Waals surface area (Å²) in [7, 11) is 0. The lowest BCUT2D eigenvalue weighted by atomic mass is 9.32. The topological polar surface area (TPSA) is 178 Å². The van der Waals surface area contributed by atoms with Crippen LogP contribution in [0.4, 0.5) is 0 Å². The van der Waals surface area contributed by atoms with E-state index in [-0.39, 0.29) is 54.0 Å². The van der Waals surface area contributed by atoms with Crippen LogP contribution in [0, 0.1) is 80.3 Å². The molecule has 11 aliphatic rings. The summed E-state index contributed by atoms with van der Waals surface area (Å²) in [6, 6.07) is 8.88. The standard InChI is InChI=1S/C63H86N2O8/c1-39-21-28-72-62(33-39,55-54(73-55)58(4,70)56(2,38-67)24-18-40-20-26-65-52(64)30-40)50-19-25-63(71)48-32-49(69)47-31-46(68)37-60-45-29-41(11-10-27-66)34-61(47,60)53(48)44(35-57(50,63)3)17-16-43-13-6-5-12-42(43)14-9-15-51(60)59(36-45)22-7-8-23-59/h5-6,12-13,20,29-30,32,39,44-47,50-51,53-55,65-68,70-71H,7-8,10-11,14,16-19,21-28,31,33-38,64H2,1-4H3/t39-,44-,45+,46-,47+,50+,51-,53+,54+,55+,56+,57-,58+,60+,61+,62-,63-/m1/s1. The van der Waals surface area contributed by atoms with Crippen LogP contribution in [0.1, 0.15) is 154 Å². The van der Waals surface area contributed by atoms with Crippen LogP contribution in [0.5, 0.6) is 0 Å². The monoisotopic (exact) mass is 999 g/mol. The molecule has 1 aromatic rings. The number of carbonyl (C=O) groups is 1. The summed E-state index contributed by atoms with van der Waals surface area (Å²) < 4.78 is 14.3. The summed E-state index contributed by atoms with van der Waals surface area (Å²) in [6.45, 7) is 9.55. The van der Waals surface area contributed by atoms with Gasteiger partial charge in [-0.15, -0.1) is 0 Å². The maximum absolute atomic E-state index is 15.8. The first-order valence-corrected chi connectivity index (χ1v) is 29.0. The highest BCUT2D eigenvalue weighted by molar-refractivity contribution is 5.95. The van der Waals surface area contributed by atoms with Crippen molar-refractivity contribution in [2.45, 2.75) is 191 Å². The van der Waals surface area contributed by atoms with Crippen LogP contribution in [-0.4, -0.2) is 92.8 Å². The number of dihydropyridines is 1. The van der Waals surface area contributed by atoms with Crippen LogP contribution in [0.25, 0.3) is 0 Å². The second-order valence-electron chi connectivity index (χ2n) is 27.0. The van der Waals surface area contributed by atoms with Crippen molar-refractivity contribution in [2.75, 3.05) is 26.4 Å². The van der Waals surface area contributed by atoms with Crippen LogP contribution in [0.3, 0.4) is 0 Å². The van der Waals surface area contributed by atoms with E-state index in [1.807, 2.05) is 26.0 Å². The third-order valence-corrected chi connectivity index (χ3v) is 23.6. The molecule has 17 atom stereocenters. The Balaban J connectivity index is 0.997. The van der Waals surface area contributed by atoms with Crippen molar-refractivity contribution in [3.05, 3.63) is 82.2 Å². The molecule has 3 heterocycles. The number of aliphatic hydroxyl groups excluding tert-OH is 3. The van der Waals surface area contributed by atoms with Gasteiger partial charge in [-0.3, -0.25) is 4.79 Å². The Morgan fingerprint density at radius 3 is 2.52 bits per heavy atom. The first-order valence-electron chi connectivity index (χ1n) is 29.0. The van der Waals surface area contributed by atoms with Crippen molar-refractivity contribution in [3.8, 4) is 11.8 Å². The summed E-state index contributed by atoms with van der Waals surface area (Å²) in [4.78, 5) is 15.8. The number of hydrogen-bond acceptors (Lipinski definition) is 10. The Morgan fingerprint density at radius 1 is 0.973 bits per heavy atom. The fraction of sp³-hybridized carbons (Fsp3) is 0.730. The van der Waals surface area contributed by atoms with Crippen molar-refractivity contribution in [1.82, 2.24) is 5.32 Å². The highest BCUT2D eigenvalue weighted by atomic mass is 16.6. The van der Waals surface area contributed by atoms with Gasteiger partial charge in [-0.05, 0) is 191 Å². The maximum atomic E-state index is 15.8. The Labute approximate surface area is 435 Å². The van der Waals surface area contributed by atoms with Crippen molar-refractivity contribution in [3.63, 3.8) is 0 Å². The SMILES string of the molecule is C[C@@H]1CCO[C@]([C@H]2CC[C@@]3(O)C4=CC(=O)[C@@H]5C[C@@H](O)C[C@]67[C@@H]8C#CCc9ccccc9CC[C@H](C[C@]23C)[C@@H]4[C@]56CC(CCCO)=C[C@H]7CC82CCCC2)([C@H]2O[C@@H]2[C@](C)(O)[C@](C)(CO)CCC2=CCNC(N)=C2)C1. The van der Waals surface area contributed by atoms with Gasteiger partial charge in [-0.2, -0.15) is 0 Å². The molecule has 0 unspecified atom stereocenters. The van der Waals surface area contributed by atoms with Gasteiger partial charge in [-0.25, -0.2) is 0 Å². The van der Waals surface area contributed by atoms with E-state index in [1.54, 1.807) is 0 Å². The highest BCUT2D eigenvalue weighted by Gasteiger charge is 2.81. The molecule has 73 heavy (non-hydrogen) atoms. The zero-order chi connectivity index (χ0) is 51.0. The molecule has 0 amide bonds.